The number of carbonyl (C=O) groups is 1. The monoisotopic (exact) mass is 507 g/mol. The molecule has 0 aromatic carbocycles. The first-order valence-corrected chi connectivity index (χ1v) is 11.5. The maximum absolute atomic E-state index is 13.0. The number of hydrogen-bond acceptors (Lipinski definition) is 8. The Labute approximate surface area is 210 Å². The van der Waals surface area contributed by atoms with Crippen molar-refractivity contribution in [2.24, 2.45) is 0 Å². The minimum Gasteiger partial charge on any atom is -0.465 e. The first-order chi connectivity index (χ1) is 18.0. The highest BCUT2D eigenvalue weighted by atomic mass is 19.3. The van der Waals surface area contributed by atoms with E-state index in [1.165, 1.54) is 9.58 Å². The molecule has 0 radical (unpaired) electrons. The summed E-state index contributed by atoms with van der Waals surface area (Å²) < 4.78 is 27.3. The van der Waals surface area contributed by atoms with Crippen LogP contribution in [0.3, 0.4) is 0 Å². The van der Waals surface area contributed by atoms with Crippen LogP contribution in [0.4, 0.5) is 31.0 Å². The number of piperazine rings is 1. The Hall–Kier alpha value is -4.68. The zero-order chi connectivity index (χ0) is 25.8. The summed E-state index contributed by atoms with van der Waals surface area (Å²) >= 11 is 0. The van der Waals surface area contributed by atoms with E-state index in [-0.39, 0.29) is 0 Å². The van der Waals surface area contributed by atoms with Crippen LogP contribution >= 0.6 is 0 Å². The van der Waals surface area contributed by atoms with Crippen molar-refractivity contribution in [1.29, 1.82) is 0 Å². The molecule has 0 unspecified atom stereocenters. The molecule has 0 spiro atoms. The van der Waals surface area contributed by atoms with Gasteiger partial charge >= 0.3 is 6.09 Å². The van der Waals surface area contributed by atoms with Crippen molar-refractivity contribution in [2.45, 2.75) is 13.0 Å². The molecule has 4 aromatic rings. The van der Waals surface area contributed by atoms with E-state index < -0.39 is 19.1 Å². The van der Waals surface area contributed by atoms with Crippen molar-refractivity contribution >= 4 is 23.5 Å². The van der Waals surface area contributed by atoms with E-state index in [1.54, 1.807) is 49.2 Å². The maximum atomic E-state index is 13.0. The van der Waals surface area contributed by atoms with Crippen molar-refractivity contribution in [3.8, 4) is 22.5 Å². The van der Waals surface area contributed by atoms with Crippen LogP contribution in [0.2, 0.25) is 0 Å². The van der Waals surface area contributed by atoms with Crippen LogP contribution in [0.5, 0.6) is 0 Å². The second kappa shape index (κ2) is 10.5. The van der Waals surface area contributed by atoms with Gasteiger partial charge < -0.3 is 20.2 Å². The molecule has 0 atom stereocenters. The molecule has 11 nitrogen and oxygen atoms in total. The van der Waals surface area contributed by atoms with E-state index in [1.807, 2.05) is 17.0 Å². The van der Waals surface area contributed by atoms with Crippen molar-refractivity contribution < 1.29 is 18.7 Å². The lowest BCUT2D eigenvalue weighted by Gasteiger charge is -2.33. The fraction of sp³-hybridized carbons (Fsp3) is 0.250. The van der Waals surface area contributed by atoms with Gasteiger partial charge in [-0.25, -0.2) is 28.5 Å². The largest absolute Gasteiger partial charge is 0.465 e. The lowest BCUT2D eigenvalue weighted by atomic mass is 10.1. The SMILES string of the molecule is O=C(O)N1CCN(c2ccc(Nc3nccc(-c4cn(CC(F)F)nc4-c4cccnc4)n3)cn2)CC1. The third kappa shape index (κ3) is 5.60. The number of anilines is 3. The molecular weight excluding hydrogens is 484 g/mol. The third-order valence-electron chi connectivity index (χ3n) is 5.83. The van der Waals surface area contributed by atoms with Crippen molar-refractivity contribution in [3.63, 3.8) is 0 Å². The van der Waals surface area contributed by atoms with Gasteiger partial charge in [0.25, 0.3) is 6.43 Å². The van der Waals surface area contributed by atoms with Gasteiger partial charge in [0.05, 0.1) is 17.6 Å². The van der Waals surface area contributed by atoms with Gasteiger partial charge in [-0.05, 0) is 30.3 Å². The maximum Gasteiger partial charge on any atom is 0.407 e. The number of pyridine rings is 2. The van der Waals surface area contributed by atoms with Crippen LogP contribution in [0.1, 0.15) is 0 Å². The molecule has 0 aliphatic carbocycles. The number of amides is 1. The summed E-state index contributed by atoms with van der Waals surface area (Å²) in [5, 5.41) is 16.6. The van der Waals surface area contributed by atoms with Gasteiger partial charge in [-0.2, -0.15) is 5.10 Å². The summed E-state index contributed by atoms with van der Waals surface area (Å²) in [5.41, 5.74) is 2.92. The number of rotatable bonds is 7. The summed E-state index contributed by atoms with van der Waals surface area (Å²) in [6.07, 6.45) is 4.55. The lowest BCUT2D eigenvalue weighted by Crippen LogP contribution is -2.48. The van der Waals surface area contributed by atoms with Gasteiger partial charge in [-0.15, -0.1) is 0 Å². The van der Waals surface area contributed by atoms with E-state index in [0.717, 1.165) is 5.82 Å². The molecule has 190 valence electrons. The number of carboxylic acid groups (broad SMARTS) is 1. The average molecular weight is 508 g/mol. The summed E-state index contributed by atoms with van der Waals surface area (Å²) in [4.78, 5) is 31.9. The highest BCUT2D eigenvalue weighted by Crippen LogP contribution is 2.30. The van der Waals surface area contributed by atoms with E-state index in [2.05, 4.69) is 30.4 Å². The molecule has 1 aliphatic heterocycles. The zero-order valence-electron chi connectivity index (χ0n) is 19.6. The predicted molar refractivity (Wildman–Crippen MR) is 132 cm³/mol. The molecule has 1 fully saturated rings. The van der Waals surface area contributed by atoms with E-state index in [4.69, 9.17) is 5.11 Å². The Morgan fingerprint density at radius 1 is 1.05 bits per heavy atom. The number of hydrogen-bond donors (Lipinski definition) is 2. The molecule has 1 saturated heterocycles. The fourth-order valence-corrected chi connectivity index (χ4v) is 4.03. The summed E-state index contributed by atoms with van der Waals surface area (Å²) in [5.74, 6) is 1.05. The zero-order valence-corrected chi connectivity index (χ0v) is 19.6. The molecule has 5 rings (SSSR count). The Bertz CT molecular complexity index is 1360. The van der Waals surface area contributed by atoms with Crippen LogP contribution in [0.25, 0.3) is 22.5 Å². The Morgan fingerprint density at radius 2 is 1.89 bits per heavy atom. The standard InChI is InChI=1S/C24H23F2N9O2/c25-20(26)15-35-14-18(22(32-35)16-2-1-6-27-12-16)19-5-7-28-23(31-19)30-17-3-4-21(29-13-17)33-8-10-34(11-9-33)24(36)37/h1-7,12-14,20H,8-11,15H2,(H,36,37)(H,28,30,31). The third-order valence-corrected chi connectivity index (χ3v) is 5.83. The summed E-state index contributed by atoms with van der Waals surface area (Å²) in [6.45, 7) is 1.44. The van der Waals surface area contributed by atoms with Gasteiger partial charge in [0, 0.05) is 62.1 Å². The molecule has 1 amide bonds. The van der Waals surface area contributed by atoms with Crippen LogP contribution in [0.15, 0.2) is 61.3 Å². The first kappa shape index (κ1) is 24.0. The second-order valence-corrected chi connectivity index (χ2v) is 8.30. The van der Waals surface area contributed by atoms with Crippen LogP contribution < -0.4 is 10.2 Å². The molecule has 5 heterocycles. The van der Waals surface area contributed by atoms with Gasteiger partial charge in [-0.1, -0.05) is 0 Å². The summed E-state index contributed by atoms with van der Waals surface area (Å²) in [7, 11) is 0. The van der Waals surface area contributed by atoms with Crippen molar-refractivity contribution in [3.05, 3.63) is 61.3 Å². The number of aromatic nitrogens is 6. The van der Waals surface area contributed by atoms with Crippen LogP contribution in [-0.2, 0) is 6.54 Å². The van der Waals surface area contributed by atoms with Gasteiger partial charge in [0.2, 0.25) is 5.95 Å². The molecule has 0 saturated carbocycles. The van der Waals surface area contributed by atoms with Gasteiger partial charge in [-0.3, -0.25) is 9.67 Å². The number of nitrogens with one attached hydrogen (secondary N) is 1. The molecule has 2 N–H and O–H groups in total. The fourth-order valence-electron chi connectivity index (χ4n) is 4.03. The molecule has 4 aromatic heterocycles. The van der Waals surface area contributed by atoms with Crippen LogP contribution in [0, 0.1) is 0 Å². The molecule has 37 heavy (non-hydrogen) atoms. The van der Waals surface area contributed by atoms with E-state index in [0.29, 0.717) is 60.3 Å². The molecule has 0 bridgehead atoms. The van der Waals surface area contributed by atoms with Gasteiger partial charge in [0.1, 0.15) is 18.1 Å². The molecule has 13 heteroatoms. The number of nitrogens with zero attached hydrogens (tertiary/aromatic N) is 8. The van der Waals surface area contributed by atoms with E-state index >= 15 is 0 Å². The predicted octanol–water partition coefficient (Wildman–Crippen LogP) is 3.61. The minimum absolute atomic E-state index is 0.306. The smallest absolute Gasteiger partial charge is 0.407 e. The van der Waals surface area contributed by atoms with Crippen LogP contribution in [-0.4, -0.2) is 78.4 Å². The van der Waals surface area contributed by atoms with Crippen molar-refractivity contribution in [2.75, 3.05) is 36.4 Å². The second-order valence-electron chi connectivity index (χ2n) is 8.30. The Balaban J connectivity index is 1.34. The highest BCUT2D eigenvalue weighted by molar-refractivity contribution is 5.78. The lowest BCUT2D eigenvalue weighted by molar-refractivity contribution is 0.122. The normalized spacial score (nSPS) is 13.7. The average Bonchev–Trinajstić information content (AvgIpc) is 3.33. The van der Waals surface area contributed by atoms with Crippen molar-refractivity contribution in [1.82, 2.24) is 34.6 Å². The topological polar surface area (TPSA) is 125 Å². The number of halogens is 2. The quantitative estimate of drug-likeness (QED) is 0.386. The first-order valence-electron chi connectivity index (χ1n) is 11.5. The Kier molecular flexibility index (Phi) is 6.83. The number of alkyl halides is 2. The minimum atomic E-state index is -2.55. The highest BCUT2D eigenvalue weighted by Gasteiger charge is 2.21. The van der Waals surface area contributed by atoms with E-state index in [9.17, 15) is 13.6 Å². The summed E-state index contributed by atoms with van der Waals surface area (Å²) in [6, 6.07) is 8.93. The molecule has 1 aliphatic rings. The van der Waals surface area contributed by atoms with Gasteiger partial charge in [0.15, 0.2) is 0 Å². The molecular formula is C24H23F2N9O2. The Morgan fingerprint density at radius 3 is 2.57 bits per heavy atom.